The Balaban J connectivity index is 3.45. The first-order chi connectivity index (χ1) is 8.79. The summed E-state index contributed by atoms with van der Waals surface area (Å²) >= 11 is 0. The molecule has 0 aliphatic carbocycles. The van der Waals surface area contributed by atoms with Gasteiger partial charge in [0.15, 0.2) is 0 Å². The summed E-state index contributed by atoms with van der Waals surface area (Å²) < 4.78 is 15.9. The summed E-state index contributed by atoms with van der Waals surface area (Å²) in [6, 6.07) is 0. The summed E-state index contributed by atoms with van der Waals surface area (Å²) in [5.41, 5.74) is 0. The van der Waals surface area contributed by atoms with Crippen LogP contribution in [0.4, 0.5) is 0 Å². The number of rotatable bonds is 13. The molecule has 0 saturated heterocycles. The molecule has 2 unspecified atom stereocenters. The molecule has 4 heteroatoms. The molecule has 0 radical (unpaired) electrons. The van der Waals surface area contributed by atoms with Crippen molar-refractivity contribution < 1.29 is 19.3 Å². The van der Waals surface area contributed by atoms with Gasteiger partial charge in [-0.2, -0.15) is 0 Å². The Morgan fingerprint density at radius 2 is 1.50 bits per heavy atom. The highest BCUT2D eigenvalue weighted by molar-refractivity contribution is 4.68. The molecule has 18 heavy (non-hydrogen) atoms. The molecule has 0 fully saturated rings. The summed E-state index contributed by atoms with van der Waals surface area (Å²) in [6.45, 7) is 3.41. The van der Waals surface area contributed by atoms with Gasteiger partial charge in [0, 0.05) is 20.8 Å². The van der Waals surface area contributed by atoms with Crippen LogP contribution in [-0.2, 0) is 14.2 Å². The van der Waals surface area contributed by atoms with Crippen LogP contribution in [-0.4, -0.2) is 51.4 Å². The van der Waals surface area contributed by atoms with Gasteiger partial charge in [0.2, 0.25) is 0 Å². The van der Waals surface area contributed by atoms with Crippen LogP contribution in [0.25, 0.3) is 0 Å². The molecule has 110 valence electrons. The molecule has 0 aliphatic heterocycles. The van der Waals surface area contributed by atoms with Crippen molar-refractivity contribution in [2.45, 2.75) is 57.7 Å². The highest BCUT2D eigenvalue weighted by Gasteiger charge is 2.20. The van der Waals surface area contributed by atoms with Gasteiger partial charge in [-0.05, 0) is 6.42 Å². The molecule has 1 N–H and O–H groups in total. The zero-order valence-corrected chi connectivity index (χ0v) is 12.2. The van der Waals surface area contributed by atoms with E-state index in [9.17, 15) is 0 Å². The first-order valence-corrected chi connectivity index (χ1v) is 7.04. The smallest absolute Gasteiger partial charge is 0.109 e. The monoisotopic (exact) mass is 262 g/mol. The van der Waals surface area contributed by atoms with E-state index < -0.39 is 0 Å². The number of hydrogen-bond acceptors (Lipinski definition) is 4. The third kappa shape index (κ3) is 8.86. The summed E-state index contributed by atoms with van der Waals surface area (Å²) in [6.07, 6.45) is 7.06. The number of aliphatic hydroxyl groups is 1. The normalized spacial score (nSPS) is 14.7. The second kappa shape index (κ2) is 13.3. The zero-order chi connectivity index (χ0) is 13.6. The fraction of sp³-hybridized carbons (Fsp3) is 1.00. The van der Waals surface area contributed by atoms with Crippen LogP contribution in [0.2, 0.25) is 0 Å². The Morgan fingerprint density at radius 3 is 2.06 bits per heavy atom. The van der Waals surface area contributed by atoms with E-state index in [1.165, 1.54) is 32.1 Å². The van der Waals surface area contributed by atoms with Crippen molar-refractivity contribution in [3.8, 4) is 0 Å². The number of methoxy groups -OCH3 is 2. The topological polar surface area (TPSA) is 47.9 Å². The average Bonchev–Trinajstić information content (AvgIpc) is 2.40. The maximum atomic E-state index is 9.09. The van der Waals surface area contributed by atoms with Gasteiger partial charge in [-0.1, -0.05) is 39.0 Å². The van der Waals surface area contributed by atoms with Crippen LogP contribution in [0.15, 0.2) is 0 Å². The van der Waals surface area contributed by atoms with Gasteiger partial charge in [-0.25, -0.2) is 0 Å². The van der Waals surface area contributed by atoms with Gasteiger partial charge in [0.25, 0.3) is 0 Å². The summed E-state index contributed by atoms with van der Waals surface area (Å²) in [5, 5.41) is 9.09. The molecule has 0 aromatic heterocycles. The van der Waals surface area contributed by atoms with Gasteiger partial charge in [0.1, 0.15) is 12.2 Å². The van der Waals surface area contributed by atoms with Crippen molar-refractivity contribution >= 4 is 0 Å². The Labute approximate surface area is 112 Å². The first kappa shape index (κ1) is 17.8. The molecule has 0 aromatic carbocycles. The number of aliphatic hydroxyl groups excluding tert-OH is 1. The van der Waals surface area contributed by atoms with E-state index >= 15 is 0 Å². The van der Waals surface area contributed by atoms with E-state index in [0.29, 0.717) is 6.61 Å². The molecule has 2 atom stereocenters. The Bertz CT molecular complexity index is 160. The molecule has 0 rings (SSSR count). The van der Waals surface area contributed by atoms with Crippen LogP contribution in [0.1, 0.15) is 45.4 Å². The van der Waals surface area contributed by atoms with E-state index in [2.05, 4.69) is 6.92 Å². The lowest BCUT2D eigenvalue weighted by Crippen LogP contribution is -2.36. The fourth-order valence-corrected chi connectivity index (χ4v) is 1.85. The van der Waals surface area contributed by atoms with Gasteiger partial charge >= 0.3 is 0 Å². The molecule has 0 saturated carbocycles. The zero-order valence-electron chi connectivity index (χ0n) is 12.2. The molecule has 4 nitrogen and oxygen atoms in total. The highest BCUT2D eigenvalue weighted by atomic mass is 16.6. The third-order valence-corrected chi connectivity index (χ3v) is 3.12. The maximum Gasteiger partial charge on any atom is 0.109 e. The lowest BCUT2D eigenvalue weighted by atomic mass is 10.1. The quantitative estimate of drug-likeness (QED) is 0.518. The lowest BCUT2D eigenvalue weighted by Gasteiger charge is -2.22. The molecular formula is C14H30O4. The van der Waals surface area contributed by atoms with E-state index in [1.54, 1.807) is 14.2 Å². The largest absolute Gasteiger partial charge is 0.394 e. The Kier molecular flexibility index (Phi) is 13.2. The number of unbranched alkanes of at least 4 members (excludes halogenated alkanes) is 5. The van der Waals surface area contributed by atoms with Crippen molar-refractivity contribution in [2.24, 2.45) is 0 Å². The van der Waals surface area contributed by atoms with Crippen LogP contribution in [0.3, 0.4) is 0 Å². The van der Waals surface area contributed by atoms with Crippen LogP contribution < -0.4 is 0 Å². The molecule has 0 aromatic rings. The minimum absolute atomic E-state index is 0.0462. The van der Waals surface area contributed by atoms with Crippen molar-refractivity contribution in [3.05, 3.63) is 0 Å². The van der Waals surface area contributed by atoms with Crippen molar-refractivity contribution in [1.29, 1.82) is 0 Å². The summed E-state index contributed by atoms with van der Waals surface area (Å²) in [7, 11) is 3.18. The van der Waals surface area contributed by atoms with Gasteiger partial charge in [-0.3, -0.25) is 0 Å². The Hall–Kier alpha value is -0.160. The second-order valence-corrected chi connectivity index (χ2v) is 4.57. The predicted octanol–water partition coefficient (Wildman–Crippen LogP) is 2.39. The van der Waals surface area contributed by atoms with E-state index in [4.69, 9.17) is 19.3 Å². The molecular weight excluding hydrogens is 232 g/mol. The van der Waals surface area contributed by atoms with E-state index in [0.717, 1.165) is 13.0 Å². The standard InChI is InChI=1S/C14H30O4/c1-4-5-6-7-8-9-10-18-12-14(17-3)13(11-15)16-2/h13-15H,4-12H2,1-3H3. The SMILES string of the molecule is CCCCCCCCOCC(OC)C(CO)OC. The lowest BCUT2D eigenvalue weighted by molar-refractivity contribution is -0.0919. The predicted molar refractivity (Wildman–Crippen MR) is 72.9 cm³/mol. The number of ether oxygens (including phenoxy) is 3. The molecule has 0 heterocycles. The summed E-state index contributed by atoms with van der Waals surface area (Å²) in [4.78, 5) is 0. The van der Waals surface area contributed by atoms with Crippen LogP contribution >= 0.6 is 0 Å². The van der Waals surface area contributed by atoms with Crippen LogP contribution in [0.5, 0.6) is 0 Å². The Morgan fingerprint density at radius 1 is 0.889 bits per heavy atom. The second-order valence-electron chi connectivity index (χ2n) is 4.57. The fourth-order valence-electron chi connectivity index (χ4n) is 1.85. The maximum absolute atomic E-state index is 9.09. The van der Waals surface area contributed by atoms with Gasteiger partial charge in [-0.15, -0.1) is 0 Å². The average molecular weight is 262 g/mol. The first-order valence-electron chi connectivity index (χ1n) is 7.04. The minimum Gasteiger partial charge on any atom is -0.394 e. The minimum atomic E-state index is -0.306. The van der Waals surface area contributed by atoms with Gasteiger partial charge < -0.3 is 19.3 Å². The van der Waals surface area contributed by atoms with Crippen LogP contribution in [0, 0.1) is 0 Å². The van der Waals surface area contributed by atoms with Crippen molar-refractivity contribution in [3.63, 3.8) is 0 Å². The third-order valence-electron chi connectivity index (χ3n) is 3.12. The van der Waals surface area contributed by atoms with Crippen molar-refractivity contribution in [1.82, 2.24) is 0 Å². The highest BCUT2D eigenvalue weighted by Crippen LogP contribution is 2.06. The number of hydrogen-bond donors (Lipinski definition) is 1. The van der Waals surface area contributed by atoms with E-state index in [1.807, 2.05) is 0 Å². The summed E-state index contributed by atoms with van der Waals surface area (Å²) in [5.74, 6) is 0. The van der Waals surface area contributed by atoms with E-state index in [-0.39, 0.29) is 18.8 Å². The molecule has 0 amide bonds. The molecule has 0 spiro atoms. The molecule has 0 bridgehead atoms. The molecule has 0 aliphatic rings. The van der Waals surface area contributed by atoms with Gasteiger partial charge in [0.05, 0.1) is 13.2 Å². The van der Waals surface area contributed by atoms with Crippen molar-refractivity contribution in [2.75, 3.05) is 34.0 Å².